The summed E-state index contributed by atoms with van der Waals surface area (Å²) < 4.78 is 0. The van der Waals surface area contributed by atoms with Crippen LogP contribution in [-0.4, -0.2) is 30.5 Å². The smallest absolute Gasteiger partial charge is 0.227 e. The molecular weight excluding hydrogens is 318 g/mol. The van der Waals surface area contributed by atoms with Crippen LogP contribution in [0.5, 0.6) is 0 Å². The second-order valence-corrected chi connectivity index (χ2v) is 7.74. The maximum atomic E-state index is 11.8. The van der Waals surface area contributed by atoms with Gasteiger partial charge < -0.3 is 9.80 Å². The number of anilines is 2. The van der Waals surface area contributed by atoms with Crippen LogP contribution in [0, 0.1) is 5.92 Å². The van der Waals surface area contributed by atoms with Crippen molar-refractivity contribution in [3.05, 3.63) is 29.6 Å². The maximum absolute atomic E-state index is 11.8. The number of piperidine rings is 1. The minimum atomic E-state index is 0.234. The van der Waals surface area contributed by atoms with E-state index in [4.69, 9.17) is 4.98 Å². The van der Waals surface area contributed by atoms with Gasteiger partial charge in [-0.15, -0.1) is 11.3 Å². The number of carbonyl (C=O) groups is 1. The molecule has 0 aliphatic carbocycles. The van der Waals surface area contributed by atoms with Gasteiger partial charge >= 0.3 is 0 Å². The van der Waals surface area contributed by atoms with E-state index in [-0.39, 0.29) is 5.91 Å². The molecule has 4 nitrogen and oxygen atoms in total. The van der Waals surface area contributed by atoms with Crippen molar-refractivity contribution in [1.82, 2.24) is 4.98 Å². The molecule has 2 saturated heterocycles. The van der Waals surface area contributed by atoms with Crippen LogP contribution in [-0.2, 0) is 4.79 Å². The Morgan fingerprint density at radius 2 is 2.00 bits per heavy atom. The Hall–Kier alpha value is -1.88. The van der Waals surface area contributed by atoms with Crippen molar-refractivity contribution >= 4 is 28.1 Å². The SMILES string of the molecule is CC1CCCN(c2nc(-c3ccc(N4CCCC4=O)cc3)cs2)C1. The zero-order valence-corrected chi connectivity index (χ0v) is 14.9. The molecule has 4 rings (SSSR count). The summed E-state index contributed by atoms with van der Waals surface area (Å²) in [6.07, 6.45) is 4.22. The van der Waals surface area contributed by atoms with Crippen molar-refractivity contribution in [2.24, 2.45) is 5.92 Å². The van der Waals surface area contributed by atoms with Crippen molar-refractivity contribution < 1.29 is 4.79 Å². The van der Waals surface area contributed by atoms with Gasteiger partial charge in [0.2, 0.25) is 5.91 Å². The summed E-state index contributed by atoms with van der Waals surface area (Å²) in [5.74, 6) is 0.987. The van der Waals surface area contributed by atoms with E-state index in [9.17, 15) is 4.79 Å². The number of hydrogen-bond acceptors (Lipinski definition) is 4. The molecule has 2 aromatic rings. The minimum absolute atomic E-state index is 0.234. The molecule has 126 valence electrons. The summed E-state index contributed by atoms with van der Waals surface area (Å²) in [5.41, 5.74) is 3.16. The first-order valence-electron chi connectivity index (χ1n) is 8.82. The molecular formula is C19H23N3OS. The highest BCUT2D eigenvalue weighted by Crippen LogP contribution is 2.31. The molecule has 2 aliphatic heterocycles. The number of aromatic nitrogens is 1. The van der Waals surface area contributed by atoms with Gasteiger partial charge in [0.15, 0.2) is 5.13 Å². The molecule has 0 N–H and O–H groups in total. The Kier molecular flexibility index (Phi) is 4.27. The van der Waals surface area contributed by atoms with E-state index in [0.29, 0.717) is 6.42 Å². The van der Waals surface area contributed by atoms with Crippen LogP contribution >= 0.6 is 11.3 Å². The topological polar surface area (TPSA) is 36.4 Å². The summed E-state index contributed by atoms with van der Waals surface area (Å²) in [4.78, 5) is 21.0. The predicted octanol–water partition coefficient (Wildman–Crippen LogP) is 4.17. The van der Waals surface area contributed by atoms with Gasteiger partial charge in [0.1, 0.15) is 0 Å². The van der Waals surface area contributed by atoms with E-state index in [1.165, 1.54) is 12.8 Å². The van der Waals surface area contributed by atoms with E-state index in [2.05, 4.69) is 29.3 Å². The average molecular weight is 341 g/mol. The molecule has 0 spiro atoms. The van der Waals surface area contributed by atoms with Gasteiger partial charge in [-0.1, -0.05) is 19.1 Å². The molecule has 0 bridgehead atoms. The molecule has 1 amide bonds. The highest BCUT2D eigenvalue weighted by atomic mass is 32.1. The van der Waals surface area contributed by atoms with E-state index < -0.39 is 0 Å². The number of hydrogen-bond donors (Lipinski definition) is 0. The van der Waals surface area contributed by atoms with Gasteiger partial charge in [0, 0.05) is 42.7 Å². The fourth-order valence-corrected chi connectivity index (χ4v) is 4.51. The van der Waals surface area contributed by atoms with Crippen molar-refractivity contribution in [3.63, 3.8) is 0 Å². The Morgan fingerprint density at radius 1 is 1.17 bits per heavy atom. The summed E-state index contributed by atoms with van der Waals surface area (Å²) >= 11 is 1.73. The highest BCUT2D eigenvalue weighted by Gasteiger charge is 2.22. The van der Waals surface area contributed by atoms with Gasteiger partial charge in [-0.3, -0.25) is 4.79 Å². The molecule has 24 heavy (non-hydrogen) atoms. The van der Waals surface area contributed by atoms with Crippen LogP contribution in [0.15, 0.2) is 29.6 Å². The third-order valence-corrected chi connectivity index (χ3v) is 5.87. The monoisotopic (exact) mass is 341 g/mol. The molecule has 2 aliphatic rings. The predicted molar refractivity (Wildman–Crippen MR) is 99.7 cm³/mol. The lowest BCUT2D eigenvalue weighted by molar-refractivity contribution is -0.117. The molecule has 5 heteroatoms. The molecule has 1 aromatic heterocycles. The van der Waals surface area contributed by atoms with E-state index >= 15 is 0 Å². The zero-order valence-electron chi connectivity index (χ0n) is 14.1. The summed E-state index contributed by atoms with van der Waals surface area (Å²) in [7, 11) is 0. The van der Waals surface area contributed by atoms with Crippen LogP contribution in [0.4, 0.5) is 10.8 Å². The lowest BCUT2D eigenvalue weighted by Gasteiger charge is -2.30. The normalized spacial score (nSPS) is 21.5. The van der Waals surface area contributed by atoms with Gasteiger partial charge in [-0.05, 0) is 37.3 Å². The van der Waals surface area contributed by atoms with E-state index in [1.807, 2.05) is 17.0 Å². The highest BCUT2D eigenvalue weighted by molar-refractivity contribution is 7.14. The Morgan fingerprint density at radius 3 is 2.71 bits per heavy atom. The molecule has 2 fully saturated rings. The molecule has 1 aromatic carbocycles. The van der Waals surface area contributed by atoms with Crippen LogP contribution in [0.2, 0.25) is 0 Å². The number of benzene rings is 1. The Balaban J connectivity index is 1.51. The average Bonchev–Trinajstić information content (AvgIpc) is 3.24. The van der Waals surface area contributed by atoms with Crippen molar-refractivity contribution in [1.29, 1.82) is 0 Å². The zero-order chi connectivity index (χ0) is 16.5. The second-order valence-electron chi connectivity index (χ2n) is 6.90. The number of thiazole rings is 1. The number of amides is 1. The summed E-state index contributed by atoms with van der Waals surface area (Å²) in [5, 5.41) is 3.28. The van der Waals surface area contributed by atoms with Crippen LogP contribution in [0.1, 0.15) is 32.6 Å². The molecule has 1 atom stereocenters. The fraction of sp³-hybridized carbons (Fsp3) is 0.474. The third-order valence-electron chi connectivity index (χ3n) is 4.97. The number of carbonyl (C=O) groups excluding carboxylic acids is 1. The lowest BCUT2D eigenvalue weighted by Crippen LogP contribution is -2.34. The first kappa shape index (κ1) is 15.6. The van der Waals surface area contributed by atoms with Crippen LogP contribution < -0.4 is 9.80 Å². The second kappa shape index (κ2) is 6.55. The van der Waals surface area contributed by atoms with E-state index in [1.54, 1.807) is 11.3 Å². The molecule has 3 heterocycles. The fourth-order valence-electron chi connectivity index (χ4n) is 3.64. The summed E-state index contributed by atoms with van der Waals surface area (Å²) in [6, 6.07) is 8.25. The van der Waals surface area contributed by atoms with Crippen LogP contribution in [0.3, 0.4) is 0 Å². The van der Waals surface area contributed by atoms with Crippen molar-refractivity contribution in [2.75, 3.05) is 29.4 Å². The molecule has 0 saturated carbocycles. The summed E-state index contributed by atoms with van der Waals surface area (Å²) in [6.45, 7) is 5.39. The first-order valence-corrected chi connectivity index (χ1v) is 9.70. The Labute approximate surface area is 147 Å². The van der Waals surface area contributed by atoms with Gasteiger partial charge in [-0.25, -0.2) is 4.98 Å². The number of rotatable bonds is 3. The quantitative estimate of drug-likeness (QED) is 0.840. The Bertz CT molecular complexity index is 724. The number of nitrogens with zero attached hydrogens (tertiary/aromatic N) is 3. The maximum Gasteiger partial charge on any atom is 0.227 e. The minimum Gasteiger partial charge on any atom is -0.348 e. The van der Waals surface area contributed by atoms with E-state index in [0.717, 1.165) is 54.0 Å². The molecule has 0 radical (unpaired) electrons. The van der Waals surface area contributed by atoms with Crippen molar-refractivity contribution in [2.45, 2.75) is 32.6 Å². The first-order chi connectivity index (χ1) is 11.7. The van der Waals surface area contributed by atoms with Gasteiger partial charge in [0.25, 0.3) is 0 Å². The molecule has 1 unspecified atom stereocenters. The van der Waals surface area contributed by atoms with Crippen molar-refractivity contribution in [3.8, 4) is 11.3 Å². The standard InChI is InChI=1S/C19H23N3OS/c1-14-4-2-10-21(12-14)19-20-17(13-24-19)15-6-8-16(9-7-15)22-11-3-5-18(22)23/h6-9,13-14H,2-5,10-12H2,1H3. The van der Waals surface area contributed by atoms with Crippen LogP contribution in [0.25, 0.3) is 11.3 Å². The van der Waals surface area contributed by atoms with Gasteiger partial charge in [0.05, 0.1) is 5.69 Å². The largest absolute Gasteiger partial charge is 0.348 e. The lowest BCUT2D eigenvalue weighted by atomic mass is 10.0. The third kappa shape index (κ3) is 3.05. The van der Waals surface area contributed by atoms with Gasteiger partial charge in [-0.2, -0.15) is 0 Å².